The van der Waals surface area contributed by atoms with Crippen LogP contribution in [-0.2, 0) is 4.57 Å². The lowest BCUT2D eigenvalue weighted by Gasteiger charge is -2.22. The standard InChI is InChI=1S/C54H45N2OP/c1-58(2,57)47-19-11-18-45(35-47)44-17-10-12-37(34-44)22-33-52(56-54(55)43-14-4-3-5-15-43)41-27-23-38(24-28-41)39-25-29-42(30-26-39)53-49-21-9-7-16-46(49)36-51-48-20-8-6-13-40(48)31-32-50(51)53/h3-36,52,54,56H,55H2,1-2H3/b33-22+. The first-order valence-electron chi connectivity index (χ1n) is 19.8. The summed E-state index contributed by atoms with van der Waals surface area (Å²) >= 11 is 0. The molecule has 9 aromatic rings. The number of rotatable bonds is 10. The Morgan fingerprint density at radius 3 is 1.84 bits per heavy atom. The van der Waals surface area contributed by atoms with Crippen molar-refractivity contribution in [2.45, 2.75) is 12.2 Å². The van der Waals surface area contributed by atoms with E-state index in [2.05, 4.69) is 181 Å². The first-order chi connectivity index (χ1) is 28.3. The Morgan fingerprint density at radius 1 is 0.483 bits per heavy atom. The van der Waals surface area contributed by atoms with Crippen LogP contribution in [0.15, 0.2) is 200 Å². The summed E-state index contributed by atoms with van der Waals surface area (Å²) in [6, 6.07) is 68.6. The highest BCUT2D eigenvalue weighted by molar-refractivity contribution is 7.70. The second-order valence-electron chi connectivity index (χ2n) is 15.5. The fourth-order valence-electron chi connectivity index (χ4n) is 8.11. The molecule has 58 heavy (non-hydrogen) atoms. The maximum Gasteiger partial charge on any atom is 0.109 e. The van der Waals surface area contributed by atoms with Crippen LogP contribution in [0.4, 0.5) is 0 Å². The molecule has 0 fully saturated rings. The van der Waals surface area contributed by atoms with Crippen LogP contribution in [0.5, 0.6) is 0 Å². The Balaban J connectivity index is 1.02. The van der Waals surface area contributed by atoms with E-state index in [1.165, 1.54) is 43.4 Å². The van der Waals surface area contributed by atoms with Crippen molar-refractivity contribution in [1.29, 1.82) is 0 Å². The van der Waals surface area contributed by atoms with Gasteiger partial charge in [0.15, 0.2) is 0 Å². The number of fused-ring (bicyclic) bond motifs is 4. The zero-order chi connectivity index (χ0) is 39.6. The zero-order valence-electron chi connectivity index (χ0n) is 32.7. The number of hydrogen-bond donors (Lipinski definition) is 2. The molecule has 0 saturated heterocycles. The van der Waals surface area contributed by atoms with Crippen LogP contribution in [0.3, 0.4) is 0 Å². The van der Waals surface area contributed by atoms with E-state index in [-0.39, 0.29) is 12.2 Å². The molecule has 0 aliphatic heterocycles. The van der Waals surface area contributed by atoms with E-state index in [4.69, 9.17) is 5.73 Å². The minimum atomic E-state index is -2.37. The largest absolute Gasteiger partial charge is 0.319 e. The molecule has 0 saturated carbocycles. The van der Waals surface area contributed by atoms with E-state index in [1.807, 2.05) is 43.7 Å². The van der Waals surface area contributed by atoms with Gasteiger partial charge in [-0.25, -0.2) is 0 Å². The van der Waals surface area contributed by atoms with Gasteiger partial charge in [0.05, 0.1) is 12.2 Å². The summed E-state index contributed by atoms with van der Waals surface area (Å²) in [4.78, 5) is 0. The summed E-state index contributed by atoms with van der Waals surface area (Å²) in [5.41, 5.74) is 16.9. The van der Waals surface area contributed by atoms with Crippen LogP contribution in [0.25, 0.3) is 71.8 Å². The van der Waals surface area contributed by atoms with Gasteiger partial charge in [0.2, 0.25) is 0 Å². The fraction of sp³-hybridized carbons (Fsp3) is 0.0741. The highest BCUT2D eigenvalue weighted by Gasteiger charge is 2.16. The molecule has 2 atom stereocenters. The van der Waals surface area contributed by atoms with Gasteiger partial charge in [0, 0.05) is 5.30 Å². The van der Waals surface area contributed by atoms with Gasteiger partial charge >= 0.3 is 0 Å². The normalized spacial score (nSPS) is 13.0. The minimum Gasteiger partial charge on any atom is -0.319 e. The molecule has 9 aromatic carbocycles. The van der Waals surface area contributed by atoms with Gasteiger partial charge in [-0.05, 0) is 114 Å². The van der Waals surface area contributed by atoms with Gasteiger partial charge in [-0.15, -0.1) is 0 Å². The van der Waals surface area contributed by atoms with Gasteiger partial charge < -0.3 is 10.3 Å². The molecule has 2 unspecified atom stereocenters. The molecule has 0 aliphatic rings. The van der Waals surface area contributed by atoms with Crippen LogP contribution >= 0.6 is 7.14 Å². The quantitative estimate of drug-likeness (QED) is 0.0630. The molecule has 0 aliphatic carbocycles. The Bertz CT molecular complexity index is 2980. The third-order valence-electron chi connectivity index (χ3n) is 11.2. The minimum absolute atomic E-state index is 0.152. The van der Waals surface area contributed by atoms with Gasteiger partial charge in [0.1, 0.15) is 7.14 Å². The average molecular weight is 769 g/mol. The molecule has 282 valence electrons. The summed E-state index contributed by atoms with van der Waals surface area (Å²) in [6.07, 6.45) is 3.98. The SMILES string of the molecule is CP(C)(=O)c1cccc(-c2cccc(/C=C/C(NC(N)c3ccccc3)c3ccc(-c4ccc(-c5c6ccccc6cc6c5ccc5ccccc56)cc4)cc3)c2)c1. The lowest BCUT2D eigenvalue weighted by molar-refractivity contribution is 0.509. The smallest absolute Gasteiger partial charge is 0.109 e. The molecule has 9 rings (SSSR count). The van der Waals surface area contributed by atoms with E-state index in [1.54, 1.807) is 0 Å². The highest BCUT2D eigenvalue weighted by atomic mass is 31.2. The lowest BCUT2D eigenvalue weighted by atomic mass is 9.89. The van der Waals surface area contributed by atoms with Crippen molar-refractivity contribution in [3.8, 4) is 33.4 Å². The summed E-state index contributed by atoms with van der Waals surface area (Å²) in [7, 11) is -2.37. The maximum atomic E-state index is 12.8. The summed E-state index contributed by atoms with van der Waals surface area (Å²) in [6.45, 7) is 3.63. The van der Waals surface area contributed by atoms with E-state index >= 15 is 0 Å². The third-order valence-corrected chi connectivity index (χ3v) is 12.8. The Morgan fingerprint density at radius 2 is 1.10 bits per heavy atom. The second-order valence-corrected chi connectivity index (χ2v) is 18.7. The molecule has 0 amide bonds. The van der Waals surface area contributed by atoms with Crippen molar-refractivity contribution < 1.29 is 4.57 Å². The van der Waals surface area contributed by atoms with Crippen LogP contribution in [0.1, 0.15) is 28.9 Å². The van der Waals surface area contributed by atoms with Crippen molar-refractivity contribution in [3.63, 3.8) is 0 Å². The average Bonchev–Trinajstić information content (AvgIpc) is 3.27. The lowest BCUT2D eigenvalue weighted by Crippen LogP contribution is -2.31. The molecule has 3 nitrogen and oxygen atoms in total. The van der Waals surface area contributed by atoms with Gasteiger partial charge in [-0.3, -0.25) is 5.32 Å². The van der Waals surface area contributed by atoms with Crippen molar-refractivity contribution in [3.05, 3.63) is 217 Å². The van der Waals surface area contributed by atoms with Crippen molar-refractivity contribution in [2.24, 2.45) is 5.73 Å². The van der Waals surface area contributed by atoms with Gasteiger partial charge in [-0.2, -0.15) is 0 Å². The Hall–Kier alpha value is -6.35. The maximum absolute atomic E-state index is 12.8. The Labute approximate surface area is 340 Å². The third kappa shape index (κ3) is 7.69. The molecule has 0 radical (unpaired) electrons. The molecule has 0 heterocycles. The molecule has 0 bridgehead atoms. The number of hydrogen-bond acceptors (Lipinski definition) is 3. The number of nitrogens with one attached hydrogen (secondary N) is 1. The van der Waals surface area contributed by atoms with Crippen LogP contribution < -0.4 is 16.4 Å². The fourth-order valence-corrected chi connectivity index (χ4v) is 9.00. The van der Waals surface area contributed by atoms with Crippen LogP contribution in [0.2, 0.25) is 0 Å². The van der Waals surface area contributed by atoms with Crippen molar-refractivity contribution >= 4 is 50.8 Å². The zero-order valence-corrected chi connectivity index (χ0v) is 33.6. The second kappa shape index (κ2) is 15.9. The van der Waals surface area contributed by atoms with Gasteiger partial charge in [-0.1, -0.05) is 188 Å². The molecular formula is C54H45N2OP. The summed E-state index contributed by atoms with van der Waals surface area (Å²) < 4.78 is 12.8. The Kier molecular flexibility index (Phi) is 10.2. The topological polar surface area (TPSA) is 55.1 Å². The first-order valence-corrected chi connectivity index (χ1v) is 22.4. The molecular weight excluding hydrogens is 724 g/mol. The summed E-state index contributed by atoms with van der Waals surface area (Å²) in [5.74, 6) is 0. The number of benzene rings is 9. The monoisotopic (exact) mass is 768 g/mol. The van der Waals surface area contributed by atoms with E-state index < -0.39 is 7.14 Å². The molecule has 3 N–H and O–H groups in total. The molecule has 4 heteroatoms. The van der Waals surface area contributed by atoms with E-state index in [0.29, 0.717) is 0 Å². The van der Waals surface area contributed by atoms with E-state index in [9.17, 15) is 4.57 Å². The molecule has 0 spiro atoms. The first kappa shape index (κ1) is 37.2. The van der Waals surface area contributed by atoms with Crippen LogP contribution in [-0.4, -0.2) is 13.3 Å². The van der Waals surface area contributed by atoms with Crippen molar-refractivity contribution in [2.75, 3.05) is 13.3 Å². The van der Waals surface area contributed by atoms with Crippen LogP contribution in [0, 0.1) is 0 Å². The molecule has 0 aromatic heterocycles. The predicted molar refractivity (Wildman–Crippen MR) is 249 cm³/mol. The number of nitrogens with two attached hydrogens (primary N) is 1. The summed E-state index contributed by atoms with van der Waals surface area (Å²) in [5, 5.41) is 12.1. The predicted octanol–water partition coefficient (Wildman–Crippen LogP) is 13.4. The van der Waals surface area contributed by atoms with E-state index in [0.717, 1.165) is 44.2 Å². The highest BCUT2D eigenvalue weighted by Crippen LogP contribution is 2.40. The van der Waals surface area contributed by atoms with Crippen molar-refractivity contribution in [1.82, 2.24) is 5.32 Å². The van der Waals surface area contributed by atoms with Gasteiger partial charge in [0.25, 0.3) is 0 Å².